The Morgan fingerprint density at radius 1 is 0.951 bits per heavy atom. The van der Waals surface area contributed by atoms with Gasteiger partial charge >= 0.3 is 0 Å². The van der Waals surface area contributed by atoms with E-state index in [0.29, 0.717) is 18.7 Å². The van der Waals surface area contributed by atoms with Crippen molar-refractivity contribution in [2.45, 2.75) is 39.2 Å². The fourth-order valence-corrected chi connectivity index (χ4v) is 4.64. The molecule has 0 aliphatic carbocycles. The molecule has 41 heavy (non-hydrogen) atoms. The van der Waals surface area contributed by atoms with E-state index in [-0.39, 0.29) is 36.3 Å². The predicted octanol–water partition coefficient (Wildman–Crippen LogP) is 5.82. The number of hydrogen-bond donors (Lipinski definition) is 1. The van der Waals surface area contributed by atoms with Gasteiger partial charge in [-0.2, -0.15) is 0 Å². The second-order valence-corrected chi connectivity index (χ2v) is 9.80. The smallest absolute Gasteiger partial charge is 0.251 e. The van der Waals surface area contributed by atoms with Crippen LogP contribution in [-0.2, 0) is 20.0 Å². The fourth-order valence-electron chi connectivity index (χ4n) is 4.64. The molecule has 0 bridgehead atoms. The van der Waals surface area contributed by atoms with Gasteiger partial charge in [-0.1, -0.05) is 18.2 Å². The summed E-state index contributed by atoms with van der Waals surface area (Å²) in [6.45, 7) is 5.98. The molecule has 9 heteroatoms. The summed E-state index contributed by atoms with van der Waals surface area (Å²) in [6.07, 6.45) is 7.81. The topological polar surface area (TPSA) is 76.5 Å². The Morgan fingerprint density at radius 3 is 2.49 bits per heavy atom. The summed E-state index contributed by atoms with van der Waals surface area (Å²) in [4.78, 5) is 30.6. The van der Waals surface area contributed by atoms with Crippen LogP contribution in [0.3, 0.4) is 0 Å². The Morgan fingerprint density at radius 2 is 1.76 bits per heavy atom. The Balaban J connectivity index is 0.00000294. The summed E-state index contributed by atoms with van der Waals surface area (Å²) >= 11 is 0. The lowest BCUT2D eigenvalue weighted by Gasteiger charge is -2.23. The van der Waals surface area contributed by atoms with Crippen LogP contribution in [0.25, 0.3) is 10.9 Å². The number of hydrogen-bond acceptors (Lipinski definition) is 5. The van der Waals surface area contributed by atoms with Crippen molar-refractivity contribution in [3.8, 4) is 5.75 Å². The number of fused-ring (bicyclic) bond motifs is 1. The van der Waals surface area contributed by atoms with Gasteiger partial charge in [-0.15, -0.1) is 24.8 Å². The summed E-state index contributed by atoms with van der Waals surface area (Å²) in [7, 11) is 1.78. The first-order valence-corrected chi connectivity index (χ1v) is 13.7. The molecule has 0 radical (unpaired) electrons. The zero-order valence-electron chi connectivity index (χ0n) is 23.8. The molecule has 7 nitrogen and oxygen atoms in total. The predicted molar refractivity (Wildman–Crippen MR) is 171 cm³/mol. The first-order chi connectivity index (χ1) is 19.0. The van der Waals surface area contributed by atoms with Crippen molar-refractivity contribution in [1.82, 2.24) is 19.8 Å². The standard InChI is InChI=1S/C32H38N4O3.2ClH/c1-3-34-32(38)27-11-9-26(10-12-27)24-36(20-17-25-8-7-18-33-23-25)19-5-4-6-21-39-29-14-15-30-28(22-29)13-16-31(37)35(30)2;;/h7-16,18,22-23H,3-6,17,19-21,24H2,1-2H3,(H,34,38);2*1H. The van der Waals surface area contributed by atoms with E-state index in [1.165, 1.54) is 11.1 Å². The lowest BCUT2D eigenvalue weighted by atomic mass is 10.1. The van der Waals surface area contributed by atoms with Crippen LogP contribution in [0.5, 0.6) is 5.75 Å². The minimum atomic E-state index is -0.0333. The minimum absolute atomic E-state index is 0. The van der Waals surface area contributed by atoms with Gasteiger partial charge in [0.2, 0.25) is 0 Å². The second kappa shape index (κ2) is 17.4. The number of nitrogens with one attached hydrogen (secondary N) is 1. The van der Waals surface area contributed by atoms with E-state index in [1.54, 1.807) is 23.9 Å². The molecule has 4 aromatic rings. The molecule has 0 fully saturated rings. The van der Waals surface area contributed by atoms with Crippen LogP contribution in [0.4, 0.5) is 0 Å². The normalized spacial score (nSPS) is 10.6. The van der Waals surface area contributed by atoms with Gasteiger partial charge in [0.05, 0.1) is 12.1 Å². The fraction of sp³-hybridized carbons (Fsp3) is 0.344. The zero-order chi connectivity index (χ0) is 27.5. The van der Waals surface area contributed by atoms with Gasteiger partial charge in [-0.3, -0.25) is 19.5 Å². The van der Waals surface area contributed by atoms with Crippen LogP contribution in [-0.4, -0.2) is 46.6 Å². The lowest BCUT2D eigenvalue weighted by Crippen LogP contribution is -2.27. The number of pyridine rings is 2. The third-order valence-corrected chi connectivity index (χ3v) is 6.88. The molecule has 2 aromatic heterocycles. The van der Waals surface area contributed by atoms with Gasteiger partial charge in [0.25, 0.3) is 11.5 Å². The minimum Gasteiger partial charge on any atom is -0.494 e. The molecular formula is C32H40Cl2N4O3. The number of aromatic nitrogens is 2. The number of carbonyl (C=O) groups excluding carboxylic acids is 1. The van der Waals surface area contributed by atoms with Crippen LogP contribution < -0.4 is 15.6 Å². The summed E-state index contributed by atoms with van der Waals surface area (Å²) in [5.74, 6) is 0.796. The van der Waals surface area contributed by atoms with E-state index >= 15 is 0 Å². The van der Waals surface area contributed by atoms with Crippen molar-refractivity contribution >= 4 is 41.6 Å². The van der Waals surface area contributed by atoms with E-state index in [2.05, 4.69) is 33.4 Å². The number of halogens is 2. The number of aryl methyl sites for hydroxylation is 1. The van der Waals surface area contributed by atoms with E-state index in [9.17, 15) is 9.59 Å². The van der Waals surface area contributed by atoms with Crippen LogP contribution in [0.1, 0.15) is 47.7 Å². The lowest BCUT2D eigenvalue weighted by molar-refractivity contribution is 0.0956. The maximum absolute atomic E-state index is 12.1. The largest absolute Gasteiger partial charge is 0.494 e. The third kappa shape index (κ3) is 10.2. The van der Waals surface area contributed by atoms with Gasteiger partial charge in [0, 0.05) is 56.1 Å². The van der Waals surface area contributed by atoms with Crippen LogP contribution in [0, 0.1) is 0 Å². The second-order valence-electron chi connectivity index (χ2n) is 9.80. The highest BCUT2D eigenvalue weighted by Gasteiger charge is 2.09. The highest BCUT2D eigenvalue weighted by atomic mass is 35.5. The molecule has 0 spiro atoms. The van der Waals surface area contributed by atoms with Crippen LogP contribution in [0.15, 0.2) is 83.9 Å². The van der Waals surface area contributed by atoms with Gasteiger partial charge in [0.15, 0.2) is 0 Å². The molecular weight excluding hydrogens is 559 g/mol. The number of carbonyl (C=O) groups is 1. The monoisotopic (exact) mass is 598 g/mol. The van der Waals surface area contributed by atoms with Crippen LogP contribution in [0.2, 0.25) is 0 Å². The quantitative estimate of drug-likeness (QED) is 0.185. The van der Waals surface area contributed by atoms with E-state index in [1.807, 2.05) is 55.6 Å². The van der Waals surface area contributed by atoms with Gasteiger partial charge in [-0.25, -0.2) is 0 Å². The number of benzene rings is 2. The molecule has 0 atom stereocenters. The SMILES string of the molecule is CCNC(=O)c1ccc(CN(CCCCCOc2ccc3c(ccc(=O)n3C)c2)CCc2cccnc2)cc1.Cl.Cl. The molecule has 1 N–H and O–H groups in total. The first-order valence-electron chi connectivity index (χ1n) is 13.7. The molecule has 220 valence electrons. The van der Waals surface area contributed by atoms with Crippen molar-refractivity contribution in [3.63, 3.8) is 0 Å². The average Bonchev–Trinajstić information content (AvgIpc) is 2.96. The van der Waals surface area contributed by atoms with Crippen molar-refractivity contribution in [1.29, 1.82) is 0 Å². The molecule has 1 amide bonds. The molecule has 2 aromatic carbocycles. The Hall–Kier alpha value is -3.39. The third-order valence-electron chi connectivity index (χ3n) is 6.88. The van der Waals surface area contributed by atoms with Crippen molar-refractivity contribution in [3.05, 3.63) is 106 Å². The maximum atomic E-state index is 12.1. The Bertz CT molecular complexity index is 1410. The van der Waals surface area contributed by atoms with Crippen LogP contribution >= 0.6 is 24.8 Å². The summed E-state index contributed by atoms with van der Waals surface area (Å²) in [5.41, 5.74) is 4.02. The first kappa shape index (κ1) is 33.8. The van der Waals surface area contributed by atoms with Crippen molar-refractivity contribution in [2.75, 3.05) is 26.2 Å². The molecule has 0 saturated heterocycles. The zero-order valence-corrected chi connectivity index (χ0v) is 25.4. The van der Waals surface area contributed by atoms with Gasteiger partial charge < -0.3 is 14.6 Å². The number of ether oxygens (including phenoxy) is 1. The van der Waals surface area contributed by atoms with E-state index < -0.39 is 0 Å². The molecule has 0 aliphatic rings. The highest BCUT2D eigenvalue weighted by molar-refractivity contribution is 5.94. The molecule has 0 saturated carbocycles. The molecule has 0 unspecified atom stereocenters. The summed E-state index contributed by atoms with van der Waals surface area (Å²) in [5, 5.41) is 3.85. The Labute approximate surface area is 254 Å². The summed E-state index contributed by atoms with van der Waals surface area (Å²) < 4.78 is 7.65. The van der Waals surface area contributed by atoms with E-state index in [4.69, 9.17) is 4.74 Å². The number of nitrogens with zero attached hydrogens (tertiary/aromatic N) is 3. The maximum Gasteiger partial charge on any atom is 0.251 e. The number of amides is 1. The van der Waals surface area contributed by atoms with E-state index in [0.717, 1.165) is 62.0 Å². The molecule has 0 aliphatic heterocycles. The van der Waals surface area contributed by atoms with Gasteiger partial charge in [-0.05, 0) is 92.7 Å². The number of unbranched alkanes of at least 4 members (excludes halogenated alkanes) is 2. The molecule has 2 heterocycles. The highest BCUT2D eigenvalue weighted by Crippen LogP contribution is 2.20. The van der Waals surface area contributed by atoms with Gasteiger partial charge in [0.1, 0.15) is 5.75 Å². The van der Waals surface area contributed by atoms with Crippen molar-refractivity contribution < 1.29 is 9.53 Å². The Kier molecular flexibility index (Phi) is 14.4. The summed E-state index contributed by atoms with van der Waals surface area (Å²) in [6, 6.07) is 21.3. The van der Waals surface area contributed by atoms with Crippen molar-refractivity contribution in [2.24, 2.45) is 7.05 Å². The molecule has 4 rings (SSSR count). The average molecular weight is 600 g/mol. The number of rotatable bonds is 14.